The minimum atomic E-state index is -0.120. The van der Waals surface area contributed by atoms with Crippen LogP contribution < -0.4 is 0 Å². The summed E-state index contributed by atoms with van der Waals surface area (Å²) in [6.07, 6.45) is 3.46. The van der Waals surface area contributed by atoms with Gasteiger partial charge in [0.25, 0.3) is 0 Å². The number of aliphatic hydroxyl groups is 1. The quantitative estimate of drug-likeness (QED) is 0.842. The Morgan fingerprint density at radius 3 is 2.88 bits per heavy atom. The van der Waals surface area contributed by atoms with E-state index in [0.717, 1.165) is 31.1 Å². The van der Waals surface area contributed by atoms with Crippen molar-refractivity contribution in [3.05, 3.63) is 17.0 Å². The highest BCUT2D eigenvalue weighted by atomic mass is 35.5. The zero-order valence-electron chi connectivity index (χ0n) is 8.73. The molecule has 0 aromatic carbocycles. The Morgan fingerprint density at radius 1 is 1.44 bits per heavy atom. The molecule has 0 unspecified atom stereocenters. The zero-order chi connectivity index (χ0) is 11.4. The van der Waals surface area contributed by atoms with E-state index in [4.69, 9.17) is 16.3 Å². The Morgan fingerprint density at radius 2 is 2.19 bits per heavy atom. The predicted molar refractivity (Wildman–Crippen MR) is 62.7 cm³/mol. The molecule has 1 aliphatic rings. The van der Waals surface area contributed by atoms with Gasteiger partial charge in [0.2, 0.25) is 0 Å². The van der Waals surface area contributed by atoms with Crippen LogP contribution in [0.5, 0.6) is 0 Å². The maximum Gasteiger partial charge on any atom is 0.139 e. The second-order valence-corrected chi connectivity index (χ2v) is 5.18. The van der Waals surface area contributed by atoms with Crippen LogP contribution in [0.4, 0.5) is 0 Å². The summed E-state index contributed by atoms with van der Waals surface area (Å²) in [6, 6.07) is 0. The number of thioether (sulfide) groups is 1. The van der Waals surface area contributed by atoms with Crippen molar-refractivity contribution in [2.75, 3.05) is 13.2 Å². The summed E-state index contributed by atoms with van der Waals surface area (Å²) in [4.78, 5) is 8.03. The summed E-state index contributed by atoms with van der Waals surface area (Å²) >= 11 is 7.55. The molecule has 0 saturated carbocycles. The molecule has 0 atom stereocenters. The van der Waals surface area contributed by atoms with Crippen molar-refractivity contribution in [3.8, 4) is 0 Å². The number of hydrogen-bond donors (Lipinski definition) is 1. The molecule has 0 radical (unpaired) electrons. The summed E-state index contributed by atoms with van der Waals surface area (Å²) in [6.45, 7) is 1.47. The van der Waals surface area contributed by atoms with Crippen molar-refractivity contribution >= 4 is 23.4 Å². The average Bonchev–Trinajstić information content (AvgIpc) is 2.31. The molecule has 2 heterocycles. The first-order valence-electron chi connectivity index (χ1n) is 5.16. The van der Waals surface area contributed by atoms with Gasteiger partial charge in [0.1, 0.15) is 16.5 Å². The molecule has 1 N–H and O–H groups in total. The third-order valence-electron chi connectivity index (χ3n) is 2.46. The minimum absolute atomic E-state index is 0.120. The van der Waals surface area contributed by atoms with Crippen LogP contribution in [0.25, 0.3) is 0 Å². The summed E-state index contributed by atoms with van der Waals surface area (Å²) in [5.41, 5.74) is 0.626. The number of aromatic nitrogens is 2. The standard InChI is InChI=1S/C10H13ClN2O2S/c11-9-8(5-14)10(13-6-12-9)16-7-1-3-15-4-2-7/h6-7,14H,1-5H2. The number of ether oxygens (including phenoxy) is 1. The monoisotopic (exact) mass is 260 g/mol. The van der Waals surface area contributed by atoms with Gasteiger partial charge in [-0.3, -0.25) is 0 Å². The Balaban J connectivity index is 2.10. The molecule has 0 aliphatic carbocycles. The van der Waals surface area contributed by atoms with E-state index in [2.05, 4.69) is 9.97 Å². The van der Waals surface area contributed by atoms with Gasteiger partial charge in [0.15, 0.2) is 0 Å². The van der Waals surface area contributed by atoms with Crippen molar-refractivity contribution in [1.82, 2.24) is 9.97 Å². The fraction of sp³-hybridized carbons (Fsp3) is 0.600. The van der Waals surface area contributed by atoms with Gasteiger partial charge in [-0.05, 0) is 12.8 Å². The van der Waals surface area contributed by atoms with Crippen molar-refractivity contribution in [1.29, 1.82) is 0 Å². The molecule has 2 rings (SSSR count). The van der Waals surface area contributed by atoms with E-state index in [0.29, 0.717) is 16.0 Å². The van der Waals surface area contributed by atoms with Crippen LogP contribution in [0.1, 0.15) is 18.4 Å². The van der Waals surface area contributed by atoms with E-state index in [1.807, 2.05) is 0 Å². The molecule has 0 spiro atoms. The van der Waals surface area contributed by atoms with Crippen molar-refractivity contribution in [2.45, 2.75) is 29.7 Å². The van der Waals surface area contributed by atoms with Gasteiger partial charge in [-0.15, -0.1) is 11.8 Å². The fourth-order valence-electron chi connectivity index (χ4n) is 1.56. The van der Waals surface area contributed by atoms with Crippen LogP contribution in [0, 0.1) is 0 Å². The van der Waals surface area contributed by atoms with Gasteiger partial charge in [0, 0.05) is 24.0 Å². The SMILES string of the molecule is OCc1c(Cl)ncnc1SC1CCOCC1. The van der Waals surface area contributed by atoms with Crippen molar-refractivity contribution < 1.29 is 9.84 Å². The third kappa shape index (κ3) is 2.85. The first kappa shape index (κ1) is 12.1. The summed E-state index contributed by atoms with van der Waals surface area (Å²) < 4.78 is 5.30. The lowest BCUT2D eigenvalue weighted by Crippen LogP contribution is -2.17. The number of aliphatic hydroxyl groups excluding tert-OH is 1. The maximum absolute atomic E-state index is 9.23. The van der Waals surface area contributed by atoms with Crippen LogP contribution >= 0.6 is 23.4 Å². The van der Waals surface area contributed by atoms with Crippen LogP contribution in [0.3, 0.4) is 0 Å². The molecule has 6 heteroatoms. The highest BCUT2D eigenvalue weighted by Crippen LogP contribution is 2.32. The van der Waals surface area contributed by atoms with Crippen LogP contribution in [0.2, 0.25) is 5.15 Å². The summed E-state index contributed by atoms with van der Waals surface area (Å²) in [5, 5.41) is 10.8. The Kier molecular flexibility index (Phi) is 4.40. The van der Waals surface area contributed by atoms with Crippen molar-refractivity contribution in [3.63, 3.8) is 0 Å². The topological polar surface area (TPSA) is 55.2 Å². The lowest BCUT2D eigenvalue weighted by Gasteiger charge is -2.21. The first-order valence-corrected chi connectivity index (χ1v) is 6.41. The molecular formula is C10H13ClN2O2S. The van der Waals surface area contributed by atoms with E-state index >= 15 is 0 Å². The first-order chi connectivity index (χ1) is 7.81. The second kappa shape index (κ2) is 5.82. The number of halogens is 1. The fourth-order valence-corrected chi connectivity index (χ4v) is 2.97. The molecule has 0 amide bonds. The van der Waals surface area contributed by atoms with Gasteiger partial charge in [-0.1, -0.05) is 11.6 Å². The summed E-state index contributed by atoms with van der Waals surface area (Å²) in [7, 11) is 0. The summed E-state index contributed by atoms with van der Waals surface area (Å²) in [5.74, 6) is 0. The van der Waals surface area contributed by atoms with E-state index in [1.165, 1.54) is 6.33 Å². The van der Waals surface area contributed by atoms with E-state index < -0.39 is 0 Å². The average molecular weight is 261 g/mol. The van der Waals surface area contributed by atoms with Crippen LogP contribution in [0.15, 0.2) is 11.4 Å². The largest absolute Gasteiger partial charge is 0.391 e. The van der Waals surface area contributed by atoms with Gasteiger partial charge < -0.3 is 9.84 Å². The predicted octanol–water partition coefficient (Wildman–Crippen LogP) is 1.89. The van der Waals surface area contributed by atoms with Gasteiger partial charge in [-0.2, -0.15) is 0 Å². The smallest absolute Gasteiger partial charge is 0.139 e. The molecular weight excluding hydrogens is 248 g/mol. The molecule has 88 valence electrons. The zero-order valence-corrected chi connectivity index (χ0v) is 10.3. The molecule has 1 aromatic heterocycles. The number of nitrogens with zero attached hydrogens (tertiary/aromatic N) is 2. The lowest BCUT2D eigenvalue weighted by molar-refractivity contribution is 0.1000. The number of rotatable bonds is 3. The third-order valence-corrected chi connectivity index (χ3v) is 4.16. The molecule has 16 heavy (non-hydrogen) atoms. The maximum atomic E-state index is 9.23. The van der Waals surface area contributed by atoms with E-state index in [1.54, 1.807) is 11.8 Å². The number of hydrogen-bond acceptors (Lipinski definition) is 5. The minimum Gasteiger partial charge on any atom is -0.391 e. The lowest BCUT2D eigenvalue weighted by atomic mass is 10.2. The highest BCUT2D eigenvalue weighted by molar-refractivity contribution is 7.99. The van der Waals surface area contributed by atoms with Gasteiger partial charge >= 0.3 is 0 Å². The van der Waals surface area contributed by atoms with Crippen LogP contribution in [-0.2, 0) is 11.3 Å². The second-order valence-electron chi connectivity index (χ2n) is 3.54. The van der Waals surface area contributed by atoms with E-state index in [-0.39, 0.29) is 6.61 Å². The van der Waals surface area contributed by atoms with Gasteiger partial charge in [0.05, 0.1) is 6.61 Å². The molecule has 1 fully saturated rings. The highest BCUT2D eigenvalue weighted by Gasteiger charge is 2.18. The molecule has 1 saturated heterocycles. The normalized spacial score (nSPS) is 17.6. The van der Waals surface area contributed by atoms with E-state index in [9.17, 15) is 5.11 Å². The Hall–Kier alpha value is -0.360. The molecule has 0 bridgehead atoms. The molecule has 1 aliphatic heterocycles. The van der Waals surface area contributed by atoms with Crippen LogP contribution in [-0.4, -0.2) is 33.5 Å². The Labute approximate surface area is 103 Å². The Bertz CT molecular complexity index is 359. The van der Waals surface area contributed by atoms with Crippen molar-refractivity contribution in [2.24, 2.45) is 0 Å². The molecule has 4 nitrogen and oxygen atoms in total. The van der Waals surface area contributed by atoms with Gasteiger partial charge in [-0.25, -0.2) is 9.97 Å². The molecule has 1 aromatic rings.